The van der Waals surface area contributed by atoms with Gasteiger partial charge in [0.25, 0.3) is 0 Å². The minimum Gasteiger partial charge on any atom is -0.496 e. The molecular weight excluding hydrogens is 458 g/mol. The lowest BCUT2D eigenvalue weighted by Gasteiger charge is -2.17. The molecule has 7 nitrogen and oxygen atoms in total. The molecule has 1 amide bonds. The van der Waals surface area contributed by atoms with E-state index in [-0.39, 0.29) is 18.9 Å². The van der Waals surface area contributed by atoms with E-state index in [1.165, 1.54) is 0 Å². The lowest BCUT2D eigenvalue weighted by atomic mass is 9.98. The highest BCUT2D eigenvalue weighted by molar-refractivity contribution is 5.81. The summed E-state index contributed by atoms with van der Waals surface area (Å²) >= 11 is 0. The second-order valence-corrected chi connectivity index (χ2v) is 8.53. The summed E-state index contributed by atoms with van der Waals surface area (Å²) in [5, 5.41) is 12.2. The molecule has 0 aliphatic heterocycles. The van der Waals surface area contributed by atoms with Crippen molar-refractivity contribution in [3.63, 3.8) is 0 Å². The second-order valence-electron chi connectivity index (χ2n) is 8.53. The van der Waals surface area contributed by atoms with Crippen LogP contribution in [0.3, 0.4) is 0 Å². The van der Waals surface area contributed by atoms with Gasteiger partial charge in [-0.25, -0.2) is 9.59 Å². The Morgan fingerprint density at radius 1 is 0.889 bits per heavy atom. The van der Waals surface area contributed by atoms with Crippen molar-refractivity contribution in [2.24, 2.45) is 0 Å². The van der Waals surface area contributed by atoms with Crippen molar-refractivity contribution in [3.8, 4) is 28.2 Å². The summed E-state index contributed by atoms with van der Waals surface area (Å²) in [6.45, 7) is 0.102. The second kappa shape index (κ2) is 10.00. The van der Waals surface area contributed by atoms with E-state index >= 15 is 0 Å². The van der Waals surface area contributed by atoms with Crippen molar-refractivity contribution in [2.45, 2.75) is 18.4 Å². The highest BCUT2D eigenvalue weighted by Gasteiger charge is 2.30. The molecule has 5 rings (SSSR count). The van der Waals surface area contributed by atoms with Crippen molar-refractivity contribution in [1.82, 2.24) is 5.32 Å². The smallest absolute Gasteiger partial charge is 0.407 e. The number of methoxy groups -OCH3 is 1. The average Bonchev–Trinajstić information content (AvgIpc) is 3.49. The lowest BCUT2D eigenvalue weighted by molar-refractivity contribution is -0.139. The van der Waals surface area contributed by atoms with Gasteiger partial charge in [0.2, 0.25) is 0 Å². The van der Waals surface area contributed by atoms with Crippen molar-refractivity contribution in [2.75, 3.05) is 13.7 Å². The van der Waals surface area contributed by atoms with Crippen molar-refractivity contribution in [1.29, 1.82) is 0 Å². The molecule has 0 saturated heterocycles. The molecule has 7 heteroatoms. The molecule has 3 aromatic carbocycles. The van der Waals surface area contributed by atoms with Gasteiger partial charge < -0.3 is 24.3 Å². The van der Waals surface area contributed by atoms with E-state index in [4.69, 9.17) is 13.9 Å². The van der Waals surface area contributed by atoms with Crippen molar-refractivity contribution >= 4 is 12.1 Å². The third-order valence-electron chi connectivity index (χ3n) is 6.37. The van der Waals surface area contributed by atoms with Crippen LogP contribution in [0, 0.1) is 0 Å². The Labute approximate surface area is 208 Å². The van der Waals surface area contributed by atoms with Crippen LogP contribution >= 0.6 is 0 Å². The molecule has 36 heavy (non-hydrogen) atoms. The normalized spacial score (nSPS) is 12.9. The number of aliphatic carboxylic acids is 1. The number of benzene rings is 3. The monoisotopic (exact) mass is 483 g/mol. The van der Waals surface area contributed by atoms with Crippen LogP contribution in [-0.2, 0) is 16.0 Å². The lowest BCUT2D eigenvalue weighted by Crippen LogP contribution is -2.42. The molecule has 1 unspecified atom stereocenters. The van der Waals surface area contributed by atoms with Gasteiger partial charge in [-0.05, 0) is 46.5 Å². The van der Waals surface area contributed by atoms with Gasteiger partial charge in [0.05, 0.1) is 12.7 Å². The molecule has 1 heterocycles. The third-order valence-corrected chi connectivity index (χ3v) is 6.37. The van der Waals surface area contributed by atoms with Gasteiger partial charge in [0.15, 0.2) is 0 Å². The zero-order valence-corrected chi connectivity index (χ0v) is 19.6. The standard InChI is InChI=1S/C29H25NO6/c1-34-26-13-7-6-12-23(26)27-15-14-18(36-27)16-25(28(31)32)30-29(33)35-17-24-21-10-4-2-8-19(21)20-9-3-5-11-22(20)24/h2-15,24-25H,16-17H2,1H3,(H,30,33)(H,31,32). The van der Waals surface area contributed by atoms with E-state index in [1.54, 1.807) is 19.2 Å². The quantitative estimate of drug-likeness (QED) is 0.344. The Bertz CT molecular complexity index is 1360. The summed E-state index contributed by atoms with van der Waals surface area (Å²) in [6, 6.07) is 25.7. The summed E-state index contributed by atoms with van der Waals surface area (Å²) in [7, 11) is 1.57. The Morgan fingerprint density at radius 3 is 2.14 bits per heavy atom. The number of hydrogen-bond donors (Lipinski definition) is 2. The van der Waals surface area contributed by atoms with Crippen LogP contribution in [-0.4, -0.2) is 36.9 Å². The molecule has 4 aromatic rings. The zero-order valence-electron chi connectivity index (χ0n) is 19.6. The number of carbonyl (C=O) groups excluding carboxylic acids is 1. The maximum absolute atomic E-state index is 12.6. The van der Waals surface area contributed by atoms with Crippen molar-refractivity contribution < 1.29 is 28.6 Å². The number of carbonyl (C=O) groups is 2. The highest BCUT2D eigenvalue weighted by Crippen LogP contribution is 2.44. The molecule has 1 aliphatic carbocycles. The van der Waals surface area contributed by atoms with E-state index in [9.17, 15) is 14.7 Å². The van der Waals surface area contributed by atoms with Crippen LogP contribution in [0.2, 0.25) is 0 Å². The first-order valence-corrected chi connectivity index (χ1v) is 11.6. The molecule has 0 radical (unpaired) electrons. The van der Waals surface area contributed by atoms with E-state index in [1.807, 2.05) is 60.7 Å². The van der Waals surface area contributed by atoms with E-state index < -0.39 is 18.1 Å². The molecule has 1 atom stereocenters. The predicted octanol–water partition coefficient (Wildman–Crippen LogP) is 5.49. The number of carboxylic acid groups (broad SMARTS) is 1. The van der Waals surface area contributed by atoms with Crippen LogP contribution in [0.15, 0.2) is 89.3 Å². The van der Waals surface area contributed by atoms with Crippen LogP contribution in [0.5, 0.6) is 5.75 Å². The van der Waals surface area contributed by atoms with Crippen LogP contribution in [0.4, 0.5) is 4.79 Å². The van der Waals surface area contributed by atoms with Gasteiger partial charge in [-0.2, -0.15) is 0 Å². The van der Waals surface area contributed by atoms with E-state index in [0.717, 1.165) is 27.8 Å². The van der Waals surface area contributed by atoms with Gasteiger partial charge in [-0.15, -0.1) is 0 Å². The number of amides is 1. The van der Waals surface area contributed by atoms with E-state index in [2.05, 4.69) is 17.4 Å². The Morgan fingerprint density at radius 2 is 1.50 bits per heavy atom. The topological polar surface area (TPSA) is 98.0 Å². The molecule has 1 aliphatic rings. The van der Waals surface area contributed by atoms with E-state index in [0.29, 0.717) is 17.3 Å². The Balaban J connectivity index is 1.25. The highest BCUT2D eigenvalue weighted by atomic mass is 16.5. The predicted molar refractivity (Wildman–Crippen MR) is 134 cm³/mol. The zero-order chi connectivity index (χ0) is 25.1. The first-order chi connectivity index (χ1) is 17.5. The fraction of sp³-hybridized carbons (Fsp3) is 0.172. The minimum absolute atomic E-state index is 0.0331. The number of hydrogen-bond acceptors (Lipinski definition) is 5. The Hall–Kier alpha value is -4.52. The maximum Gasteiger partial charge on any atom is 0.407 e. The molecule has 0 bridgehead atoms. The number of fused-ring (bicyclic) bond motifs is 3. The van der Waals surface area contributed by atoms with Gasteiger partial charge in [-0.1, -0.05) is 60.7 Å². The Kier molecular flexibility index (Phi) is 6.45. The number of para-hydroxylation sites is 1. The number of alkyl carbamates (subject to hydrolysis) is 1. The number of furan rings is 1. The van der Waals surface area contributed by atoms with Crippen molar-refractivity contribution in [3.05, 3.63) is 102 Å². The number of ether oxygens (including phenoxy) is 2. The number of nitrogens with one attached hydrogen (secondary N) is 1. The fourth-order valence-corrected chi connectivity index (χ4v) is 4.66. The number of rotatable bonds is 8. The van der Waals surface area contributed by atoms with Crippen LogP contribution < -0.4 is 10.1 Å². The molecule has 0 spiro atoms. The average molecular weight is 484 g/mol. The first kappa shape index (κ1) is 23.2. The minimum atomic E-state index is -1.21. The summed E-state index contributed by atoms with van der Waals surface area (Å²) in [5.41, 5.74) is 5.16. The molecule has 1 aromatic heterocycles. The molecule has 2 N–H and O–H groups in total. The molecule has 0 fully saturated rings. The van der Waals surface area contributed by atoms with Crippen LogP contribution in [0.25, 0.3) is 22.5 Å². The largest absolute Gasteiger partial charge is 0.496 e. The summed E-state index contributed by atoms with van der Waals surface area (Å²) in [6.07, 6.45) is -0.824. The number of carboxylic acids is 1. The van der Waals surface area contributed by atoms with Gasteiger partial charge in [0.1, 0.15) is 29.9 Å². The van der Waals surface area contributed by atoms with Crippen LogP contribution in [0.1, 0.15) is 22.8 Å². The van der Waals surface area contributed by atoms with Gasteiger partial charge in [0, 0.05) is 12.3 Å². The summed E-state index contributed by atoms with van der Waals surface area (Å²) in [5.74, 6) is 0.318. The summed E-state index contributed by atoms with van der Waals surface area (Å²) < 4.78 is 16.7. The summed E-state index contributed by atoms with van der Waals surface area (Å²) in [4.78, 5) is 24.5. The fourth-order valence-electron chi connectivity index (χ4n) is 4.66. The SMILES string of the molecule is COc1ccccc1-c1ccc(CC(NC(=O)OCC2c3ccccc3-c3ccccc32)C(=O)O)o1. The van der Waals surface area contributed by atoms with Gasteiger partial charge in [-0.3, -0.25) is 0 Å². The first-order valence-electron chi connectivity index (χ1n) is 11.6. The molecular formula is C29H25NO6. The third kappa shape index (κ3) is 4.55. The maximum atomic E-state index is 12.6. The molecule has 182 valence electrons. The van der Waals surface area contributed by atoms with Gasteiger partial charge >= 0.3 is 12.1 Å². The molecule has 0 saturated carbocycles.